The van der Waals surface area contributed by atoms with Gasteiger partial charge < -0.3 is 14.8 Å². The molecule has 0 saturated carbocycles. The fourth-order valence-corrected chi connectivity index (χ4v) is 5.26. The van der Waals surface area contributed by atoms with Gasteiger partial charge in [-0.05, 0) is 37.3 Å². The summed E-state index contributed by atoms with van der Waals surface area (Å²) in [6, 6.07) is 11.1. The fourth-order valence-electron chi connectivity index (χ4n) is 3.85. The summed E-state index contributed by atoms with van der Waals surface area (Å²) in [5.74, 6) is -0.771. The maximum absolute atomic E-state index is 14.2. The lowest BCUT2D eigenvalue weighted by atomic mass is 9.91. The molecule has 2 aliphatic heterocycles. The minimum Gasteiger partial charge on any atom is -0.492 e. The van der Waals surface area contributed by atoms with Gasteiger partial charge in [0.1, 0.15) is 23.7 Å². The largest absolute Gasteiger partial charge is 0.492 e. The first-order valence-electron chi connectivity index (χ1n) is 10.4. The predicted molar refractivity (Wildman–Crippen MR) is 116 cm³/mol. The first kappa shape index (κ1) is 23.1. The van der Waals surface area contributed by atoms with E-state index in [2.05, 4.69) is 5.32 Å². The standard InChI is InChI=1S/C22H24FN3O6S/c1-22(18-4-2-3-5-19(18)23)20(27)26(21(28)24-22)12-15-32-16-6-8-17(9-7-16)33(29,30)25-10-13-31-14-11-25/h2-9H,10-15H2,1H3,(H,24,28). The minimum atomic E-state index is -3.61. The second kappa shape index (κ2) is 9.08. The van der Waals surface area contributed by atoms with E-state index < -0.39 is 33.3 Å². The molecule has 3 amide bonds. The molecule has 4 rings (SSSR count). The summed E-state index contributed by atoms with van der Waals surface area (Å²) in [5.41, 5.74) is -1.42. The van der Waals surface area contributed by atoms with Gasteiger partial charge in [0.05, 0.1) is 24.7 Å². The number of benzene rings is 2. The van der Waals surface area contributed by atoms with Gasteiger partial charge in [-0.1, -0.05) is 18.2 Å². The van der Waals surface area contributed by atoms with Crippen LogP contribution in [0.25, 0.3) is 0 Å². The van der Waals surface area contributed by atoms with Crippen LogP contribution in [-0.2, 0) is 25.1 Å². The van der Waals surface area contributed by atoms with E-state index in [0.29, 0.717) is 32.1 Å². The first-order chi connectivity index (χ1) is 15.7. The third-order valence-corrected chi connectivity index (χ3v) is 7.62. The number of rotatable bonds is 7. The van der Waals surface area contributed by atoms with Crippen molar-refractivity contribution in [1.82, 2.24) is 14.5 Å². The van der Waals surface area contributed by atoms with Gasteiger partial charge >= 0.3 is 6.03 Å². The summed E-state index contributed by atoms with van der Waals surface area (Å²) in [5, 5.41) is 2.55. The Hall–Kier alpha value is -3.02. The van der Waals surface area contributed by atoms with Crippen LogP contribution in [0, 0.1) is 5.82 Å². The summed E-state index contributed by atoms with van der Waals surface area (Å²) in [6.07, 6.45) is 0. The Balaban J connectivity index is 1.37. The SMILES string of the molecule is CC1(c2ccccc2F)NC(=O)N(CCOc2ccc(S(=O)(=O)N3CCOCC3)cc2)C1=O. The van der Waals surface area contributed by atoms with Crippen molar-refractivity contribution in [3.63, 3.8) is 0 Å². The maximum Gasteiger partial charge on any atom is 0.325 e. The van der Waals surface area contributed by atoms with Crippen LogP contribution in [0.3, 0.4) is 0 Å². The number of imide groups is 1. The molecule has 33 heavy (non-hydrogen) atoms. The van der Waals surface area contributed by atoms with Gasteiger partial charge in [0.2, 0.25) is 10.0 Å². The first-order valence-corrected chi connectivity index (χ1v) is 11.9. The molecule has 0 radical (unpaired) electrons. The highest BCUT2D eigenvalue weighted by atomic mass is 32.2. The van der Waals surface area contributed by atoms with Crippen molar-refractivity contribution in [3.8, 4) is 5.75 Å². The molecule has 0 aromatic heterocycles. The summed E-state index contributed by atoms with van der Waals surface area (Å²) in [7, 11) is -3.61. The molecule has 2 fully saturated rings. The molecule has 2 heterocycles. The lowest BCUT2D eigenvalue weighted by Gasteiger charge is -2.26. The van der Waals surface area contributed by atoms with E-state index >= 15 is 0 Å². The van der Waals surface area contributed by atoms with Crippen molar-refractivity contribution in [2.75, 3.05) is 39.5 Å². The van der Waals surface area contributed by atoms with Crippen molar-refractivity contribution in [2.45, 2.75) is 17.4 Å². The van der Waals surface area contributed by atoms with Crippen molar-refractivity contribution in [2.24, 2.45) is 0 Å². The second-order valence-corrected chi connectivity index (χ2v) is 9.77. The highest BCUT2D eigenvalue weighted by molar-refractivity contribution is 7.89. The van der Waals surface area contributed by atoms with Crippen LogP contribution in [0.4, 0.5) is 9.18 Å². The Morgan fingerprint density at radius 2 is 1.76 bits per heavy atom. The van der Waals surface area contributed by atoms with Crippen molar-refractivity contribution in [1.29, 1.82) is 0 Å². The maximum atomic E-state index is 14.2. The van der Waals surface area contributed by atoms with Gasteiger partial charge in [-0.3, -0.25) is 9.69 Å². The number of amides is 3. The van der Waals surface area contributed by atoms with Crippen LogP contribution in [0.15, 0.2) is 53.4 Å². The number of nitrogens with one attached hydrogen (secondary N) is 1. The summed E-state index contributed by atoms with van der Waals surface area (Å²) < 4.78 is 51.7. The Bertz CT molecular complexity index is 1150. The Morgan fingerprint density at radius 3 is 2.42 bits per heavy atom. The highest BCUT2D eigenvalue weighted by Crippen LogP contribution is 2.30. The summed E-state index contributed by atoms with van der Waals surface area (Å²) >= 11 is 0. The number of hydrogen-bond donors (Lipinski definition) is 1. The van der Waals surface area contributed by atoms with E-state index in [0.717, 1.165) is 4.90 Å². The third kappa shape index (κ3) is 4.43. The van der Waals surface area contributed by atoms with Crippen LogP contribution in [0.5, 0.6) is 5.75 Å². The topological polar surface area (TPSA) is 105 Å². The molecular formula is C22H24FN3O6S. The van der Waals surface area contributed by atoms with Gasteiger partial charge in [0, 0.05) is 18.7 Å². The van der Waals surface area contributed by atoms with E-state index in [1.54, 1.807) is 6.07 Å². The number of urea groups is 1. The molecule has 1 N–H and O–H groups in total. The molecule has 11 heteroatoms. The molecule has 0 bridgehead atoms. The van der Waals surface area contributed by atoms with Crippen molar-refractivity contribution in [3.05, 3.63) is 59.9 Å². The molecule has 9 nitrogen and oxygen atoms in total. The van der Waals surface area contributed by atoms with Crippen LogP contribution in [-0.4, -0.2) is 69.0 Å². The minimum absolute atomic E-state index is 0.0118. The zero-order valence-electron chi connectivity index (χ0n) is 18.0. The van der Waals surface area contributed by atoms with Crippen LogP contribution in [0.1, 0.15) is 12.5 Å². The molecule has 176 valence electrons. The summed E-state index contributed by atoms with van der Waals surface area (Å²) in [6.45, 7) is 2.72. The van der Waals surface area contributed by atoms with E-state index in [1.807, 2.05) is 0 Å². The molecule has 1 atom stereocenters. The average Bonchev–Trinajstić information content (AvgIpc) is 3.04. The number of sulfonamides is 1. The predicted octanol–water partition coefficient (Wildman–Crippen LogP) is 1.69. The molecule has 0 aliphatic carbocycles. The number of halogens is 1. The lowest BCUT2D eigenvalue weighted by Crippen LogP contribution is -2.42. The van der Waals surface area contributed by atoms with E-state index in [1.165, 1.54) is 53.7 Å². The van der Waals surface area contributed by atoms with Crippen LogP contribution < -0.4 is 10.1 Å². The lowest BCUT2D eigenvalue weighted by molar-refractivity contribution is -0.131. The molecule has 2 aromatic carbocycles. The third-order valence-electron chi connectivity index (χ3n) is 5.70. The molecule has 1 unspecified atom stereocenters. The van der Waals surface area contributed by atoms with Crippen molar-refractivity contribution >= 4 is 22.0 Å². The number of ether oxygens (including phenoxy) is 2. The zero-order valence-corrected chi connectivity index (χ0v) is 18.8. The van der Waals surface area contributed by atoms with Gasteiger partial charge in [-0.15, -0.1) is 0 Å². The van der Waals surface area contributed by atoms with Crippen LogP contribution in [0.2, 0.25) is 0 Å². The van der Waals surface area contributed by atoms with Crippen LogP contribution >= 0.6 is 0 Å². The molecule has 2 aliphatic rings. The Morgan fingerprint density at radius 1 is 1.09 bits per heavy atom. The van der Waals surface area contributed by atoms with Gasteiger partial charge in [-0.25, -0.2) is 17.6 Å². The molecule has 2 saturated heterocycles. The zero-order chi connectivity index (χ0) is 23.6. The van der Waals surface area contributed by atoms with Gasteiger partial charge in [-0.2, -0.15) is 4.31 Å². The van der Waals surface area contributed by atoms with Crippen molar-refractivity contribution < 1.29 is 31.9 Å². The van der Waals surface area contributed by atoms with E-state index in [4.69, 9.17) is 9.47 Å². The summed E-state index contributed by atoms with van der Waals surface area (Å²) in [4.78, 5) is 26.4. The van der Waals surface area contributed by atoms with Gasteiger partial charge in [0.15, 0.2) is 0 Å². The van der Waals surface area contributed by atoms with Gasteiger partial charge in [0.25, 0.3) is 5.91 Å². The monoisotopic (exact) mass is 477 g/mol. The highest BCUT2D eigenvalue weighted by Gasteiger charge is 2.50. The quantitative estimate of drug-likeness (QED) is 0.609. The fraction of sp³-hybridized carbons (Fsp3) is 0.364. The number of nitrogens with zero attached hydrogens (tertiary/aromatic N) is 2. The smallest absolute Gasteiger partial charge is 0.325 e. The number of carbonyl (C=O) groups is 2. The number of carbonyl (C=O) groups excluding carboxylic acids is 2. The number of hydrogen-bond acceptors (Lipinski definition) is 6. The van der Waals surface area contributed by atoms with E-state index in [-0.39, 0.29) is 23.6 Å². The van der Waals surface area contributed by atoms with E-state index in [9.17, 15) is 22.4 Å². The molecule has 2 aromatic rings. The normalized spacial score (nSPS) is 21.8. The number of morpholine rings is 1. The average molecular weight is 478 g/mol. The molecular weight excluding hydrogens is 453 g/mol. The Labute approximate surface area is 191 Å². The second-order valence-electron chi connectivity index (χ2n) is 7.83. The Kier molecular flexibility index (Phi) is 6.37. The molecule has 0 spiro atoms.